The van der Waals surface area contributed by atoms with Gasteiger partial charge in [0, 0.05) is 10.0 Å². The lowest BCUT2D eigenvalue weighted by molar-refractivity contribution is 0.104. The van der Waals surface area contributed by atoms with E-state index >= 15 is 0 Å². The molecule has 0 radical (unpaired) electrons. The fourth-order valence-corrected chi connectivity index (χ4v) is 1.54. The number of rotatable bonds is 3. The molecule has 1 aromatic heterocycles. The maximum Gasteiger partial charge on any atom is 0.187 e. The van der Waals surface area contributed by atoms with Crippen LogP contribution in [0.4, 0.5) is 0 Å². The number of carbonyl (C=O) groups is 1. The van der Waals surface area contributed by atoms with Gasteiger partial charge in [-0.15, -0.1) is 0 Å². The van der Waals surface area contributed by atoms with Gasteiger partial charge in [-0.05, 0) is 29.8 Å². The second kappa shape index (κ2) is 5.50. The molecule has 0 aliphatic heterocycles. The molecule has 0 aliphatic carbocycles. The quantitative estimate of drug-likeness (QED) is 0.644. The van der Waals surface area contributed by atoms with Crippen LogP contribution in [0.1, 0.15) is 15.9 Å². The minimum absolute atomic E-state index is 0.0807. The predicted molar refractivity (Wildman–Crippen MR) is 69.5 cm³/mol. The van der Waals surface area contributed by atoms with Crippen molar-refractivity contribution in [3.8, 4) is 0 Å². The van der Waals surface area contributed by atoms with E-state index in [1.165, 1.54) is 18.5 Å². The minimum atomic E-state index is -0.0807. The molecule has 1 aromatic carbocycles. The molecule has 2 aromatic rings. The van der Waals surface area contributed by atoms with Gasteiger partial charge in [-0.2, -0.15) is 10.2 Å². The molecule has 0 N–H and O–H groups in total. The molecule has 2 rings (SSSR count). The third-order valence-electron chi connectivity index (χ3n) is 2.17. The Hall–Kier alpha value is -1.81. The van der Waals surface area contributed by atoms with E-state index in [9.17, 15) is 4.79 Å². The second-order valence-electron chi connectivity index (χ2n) is 3.38. The van der Waals surface area contributed by atoms with Gasteiger partial charge in [-0.25, -0.2) is 0 Å². The first-order valence-corrected chi connectivity index (χ1v) is 5.80. The van der Waals surface area contributed by atoms with Gasteiger partial charge in [-0.1, -0.05) is 34.1 Å². The van der Waals surface area contributed by atoms with Crippen LogP contribution in [0, 0.1) is 0 Å². The fourth-order valence-electron chi connectivity index (χ4n) is 1.28. The van der Waals surface area contributed by atoms with Crippen LogP contribution in [0.5, 0.6) is 0 Å². The van der Waals surface area contributed by atoms with Gasteiger partial charge in [0.1, 0.15) is 0 Å². The van der Waals surface area contributed by atoms with Gasteiger partial charge >= 0.3 is 0 Å². The zero-order chi connectivity index (χ0) is 12.1. The number of aromatic nitrogens is 2. The third-order valence-corrected chi connectivity index (χ3v) is 2.69. The van der Waals surface area contributed by atoms with Crippen molar-refractivity contribution in [2.75, 3.05) is 0 Å². The van der Waals surface area contributed by atoms with Crippen LogP contribution in [-0.2, 0) is 0 Å². The van der Waals surface area contributed by atoms with Gasteiger partial charge in [0.2, 0.25) is 0 Å². The normalized spacial score (nSPS) is 10.6. The summed E-state index contributed by atoms with van der Waals surface area (Å²) >= 11 is 3.36. The van der Waals surface area contributed by atoms with Crippen LogP contribution in [0.25, 0.3) is 6.08 Å². The molecule has 0 spiro atoms. The molecule has 0 amide bonds. The summed E-state index contributed by atoms with van der Waals surface area (Å²) in [5.74, 6) is -0.0807. The molecule has 0 unspecified atom stereocenters. The van der Waals surface area contributed by atoms with Crippen molar-refractivity contribution in [1.29, 1.82) is 0 Å². The van der Waals surface area contributed by atoms with Crippen molar-refractivity contribution in [2.24, 2.45) is 0 Å². The molecule has 17 heavy (non-hydrogen) atoms. The molecule has 3 nitrogen and oxygen atoms in total. The number of hydrogen-bond acceptors (Lipinski definition) is 3. The van der Waals surface area contributed by atoms with E-state index in [2.05, 4.69) is 26.1 Å². The van der Waals surface area contributed by atoms with Gasteiger partial charge in [0.05, 0.1) is 12.4 Å². The SMILES string of the molecule is O=C(C=Cc1ccc(Br)cc1)c1ccnnc1. The van der Waals surface area contributed by atoms with Gasteiger partial charge in [0.15, 0.2) is 5.78 Å². The zero-order valence-electron chi connectivity index (χ0n) is 8.88. The highest BCUT2D eigenvalue weighted by Crippen LogP contribution is 2.11. The topological polar surface area (TPSA) is 42.9 Å². The highest BCUT2D eigenvalue weighted by atomic mass is 79.9. The van der Waals surface area contributed by atoms with E-state index in [1.54, 1.807) is 12.1 Å². The lowest BCUT2D eigenvalue weighted by Gasteiger charge is -1.94. The fraction of sp³-hybridized carbons (Fsp3) is 0. The van der Waals surface area contributed by atoms with Crippen molar-refractivity contribution in [3.05, 3.63) is 64.4 Å². The molecule has 0 atom stereocenters. The Balaban J connectivity index is 2.11. The molecule has 0 fully saturated rings. The average Bonchev–Trinajstić information content (AvgIpc) is 2.39. The van der Waals surface area contributed by atoms with Gasteiger partial charge in [0.25, 0.3) is 0 Å². The van der Waals surface area contributed by atoms with E-state index in [1.807, 2.05) is 24.3 Å². The van der Waals surface area contributed by atoms with Crippen LogP contribution in [-0.4, -0.2) is 16.0 Å². The van der Waals surface area contributed by atoms with Crippen LogP contribution < -0.4 is 0 Å². The zero-order valence-corrected chi connectivity index (χ0v) is 10.5. The summed E-state index contributed by atoms with van der Waals surface area (Å²) in [5, 5.41) is 7.29. The highest BCUT2D eigenvalue weighted by Gasteiger charge is 2.00. The van der Waals surface area contributed by atoms with Crippen molar-refractivity contribution in [3.63, 3.8) is 0 Å². The Morgan fingerprint density at radius 2 is 1.88 bits per heavy atom. The summed E-state index contributed by atoms with van der Waals surface area (Å²) in [6, 6.07) is 9.36. The summed E-state index contributed by atoms with van der Waals surface area (Å²) in [6.45, 7) is 0. The number of carbonyl (C=O) groups excluding carboxylic acids is 1. The first kappa shape index (κ1) is 11.7. The van der Waals surface area contributed by atoms with E-state index in [0.717, 1.165) is 10.0 Å². The lowest BCUT2D eigenvalue weighted by atomic mass is 10.1. The Labute approximate surface area is 107 Å². The molecule has 0 aliphatic rings. The summed E-state index contributed by atoms with van der Waals surface area (Å²) in [7, 11) is 0. The summed E-state index contributed by atoms with van der Waals surface area (Å²) in [4.78, 5) is 11.7. The Kier molecular flexibility index (Phi) is 3.77. The van der Waals surface area contributed by atoms with Crippen molar-refractivity contribution in [2.45, 2.75) is 0 Å². The first-order valence-electron chi connectivity index (χ1n) is 5.00. The lowest BCUT2D eigenvalue weighted by Crippen LogP contribution is -1.95. The summed E-state index contributed by atoms with van der Waals surface area (Å²) < 4.78 is 1.01. The Bertz CT molecular complexity index is 535. The maximum atomic E-state index is 11.7. The number of allylic oxidation sites excluding steroid dienone is 1. The van der Waals surface area contributed by atoms with E-state index in [-0.39, 0.29) is 5.78 Å². The molecule has 0 bridgehead atoms. The molecule has 0 saturated carbocycles. The van der Waals surface area contributed by atoms with Gasteiger partial charge in [-0.3, -0.25) is 4.79 Å². The van der Waals surface area contributed by atoms with Crippen LogP contribution >= 0.6 is 15.9 Å². The highest BCUT2D eigenvalue weighted by molar-refractivity contribution is 9.10. The minimum Gasteiger partial charge on any atom is -0.289 e. The molecule has 4 heteroatoms. The molecular weight excluding hydrogens is 280 g/mol. The largest absolute Gasteiger partial charge is 0.289 e. The standard InChI is InChI=1S/C13H9BrN2O/c14-12-4-1-10(2-5-12)3-6-13(17)11-7-8-15-16-9-11/h1-9H. The number of hydrogen-bond donors (Lipinski definition) is 0. The van der Waals surface area contributed by atoms with Crippen LogP contribution in [0.3, 0.4) is 0 Å². The smallest absolute Gasteiger partial charge is 0.187 e. The molecule has 0 saturated heterocycles. The number of nitrogens with zero attached hydrogens (tertiary/aromatic N) is 2. The van der Waals surface area contributed by atoms with E-state index < -0.39 is 0 Å². The number of ketones is 1. The van der Waals surface area contributed by atoms with Crippen molar-refractivity contribution >= 4 is 27.8 Å². The van der Waals surface area contributed by atoms with Crippen LogP contribution in [0.2, 0.25) is 0 Å². The average molecular weight is 289 g/mol. The Morgan fingerprint density at radius 3 is 2.53 bits per heavy atom. The van der Waals surface area contributed by atoms with E-state index in [4.69, 9.17) is 0 Å². The molecular formula is C13H9BrN2O. The van der Waals surface area contributed by atoms with Crippen LogP contribution in [0.15, 0.2) is 53.3 Å². The van der Waals surface area contributed by atoms with E-state index in [0.29, 0.717) is 5.56 Å². The number of benzene rings is 1. The third kappa shape index (κ3) is 3.32. The molecule has 84 valence electrons. The monoisotopic (exact) mass is 288 g/mol. The van der Waals surface area contributed by atoms with Crippen molar-refractivity contribution < 1.29 is 4.79 Å². The Morgan fingerprint density at radius 1 is 1.12 bits per heavy atom. The maximum absolute atomic E-state index is 11.7. The van der Waals surface area contributed by atoms with Crippen molar-refractivity contribution in [1.82, 2.24) is 10.2 Å². The second-order valence-corrected chi connectivity index (χ2v) is 4.30. The first-order chi connectivity index (χ1) is 8.25. The predicted octanol–water partition coefficient (Wildman–Crippen LogP) is 3.14. The summed E-state index contributed by atoms with van der Waals surface area (Å²) in [5.41, 5.74) is 1.51. The number of halogens is 1. The van der Waals surface area contributed by atoms with Gasteiger partial charge < -0.3 is 0 Å². The summed E-state index contributed by atoms with van der Waals surface area (Å²) in [6.07, 6.45) is 6.25. The molecule has 1 heterocycles.